The van der Waals surface area contributed by atoms with Gasteiger partial charge in [0.05, 0.1) is 25.2 Å². The van der Waals surface area contributed by atoms with Crippen molar-refractivity contribution in [1.82, 2.24) is 29.0 Å². The molecule has 180 valence electrons. The number of anilines is 1. The van der Waals surface area contributed by atoms with Crippen LogP contribution in [0.3, 0.4) is 0 Å². The highest BCUT2D eigenvalue weighted by Gasteiger charge is 2.28. The van der Waals surface area contributed by atoms with Crippen LogP contribution in [-0.4, -0.2) is 75.2 Å². The van der Waals surface area contributed by atoms with E-state index in [-0.39, 0.29) is 23.9 Å². The third kappa shape index (κ3) is 3.83. The lowest BCUT2D eigenvalue weighted by atomic mass is 10.0. The summed E-state index contributed by atoms with van der Waals surface area (Å²) in [5.74, 6) is 0.570. The minimum Gasteiger partial charge on any atom is -0.479 e. The highest BCUT2D eigenvalue weighted by molar-refractivity contribution is 5.90. The summed E-state index contributed by atoms with van der Waals surface area (Å²) in [5, 5.41) is 7.58. The molecule has 4 heterocycles. The highest BCUT2D eigenvalue weighted by atomic mass is 19.1. The fourth-order valence-corrected chi connectivity index (χ4v) is 4.63. The Morgan fingerprint density at radius 2 is 2.09 bits per heavy atom. The Kier molecular flexibility index (Phi) is 5.80. The molecule has 5 rings (SSSR count). The van der Waals surface area contributed by atoms with E-state index in [1.54, 1.807) is 34.3 Å². The molecule has 0 amide bonds. The van der Waals surface area contributed by atoms with Crippen LogP contribution in [0.2, 0.25) is 0 Å². The molecule has 3 aromatic heterocycles. The van der Waals surface area contributed by atoms with Crippen molar-refractivity contribution in [2.75, 3.05) is 39.2 Å². The van der Waals surface area contributed by atoms with E-state index in [1.165, 1.54) is 13.2 Å². The number of likely N-dealkylation sites (tertiary alicyclic amines) is 1. The first-order valence-electron chi connectivity index (χ1n) is 11.1. The van der Waals surface area contributed by atoms with E-state index < -0.39 is 24.7 Å². The normalized spacial score (nSPS) is 19.2. The summed E-state index contributed by atoms with van der Waals surface area (Å²) in [6, 6.07) is 4.56. The average molecular weight is 474 g/mol. The molecule has 0 radical (unpaired) electrons. The number of rotatable bonds is 6. The molecular weight excluding hydrogens is 447 g/mol. The Balaban J connectivity index is 1.56. The van der Waals surface area contributed by atoms with Crippen LogP contribution in [0.4, 0.5) is 19.1 Å². The van der Waals surface area contributed by atoms with Crippen molar-refractivity contribution < 1.29 is 17.9 Å². The van der Waals surface area contributed by atoms with Crippen LogP contribution in [-0.2, 0) is 6.54 Å². The summed E-state index contributed by atoms with van der Waals surface area (Å²) in [6.45, 7) is 2.35. The van der Waals surface area contributed by atoms with E-state index in [9.17, 15) is 13.2 Å². The molecule has 0 bridgehead atoms. The zero-order valence-corrected chi connectivity index (χ0v) is 19.2. The predicted octanol–water partition coefficient (Wildman–Crippen LogP) is 3.63. The van der Waals surface area contributed by atoms with Crippen LogP contribution in [0.15, 0.2) is 24.4 Å². The van der Waals surface area contributed by atoms with Crippen molar-refractivity contribution in [3.05, 3.63) is 36.0 Å². The summed E-state index contributed by atoms with van der Waals surface area (Å²) < 4.78 is 51.3. The van der Waals surface area contributed by atoms with Gasteiger partial charge >= 0.3 is 0 Å². The lowest BCUT2D eigenvalue weighted by molar-refractivity contribution is 0.149. The smallest absolute Gasteiger partial charge is 0.244 e. The molecule has 34 heavy (non-hydrogen) atoms. The van der Waals surface area contributed by atoms with Crippen molar-refractivity contribution in [3.8, 4) is 17.0 Å². The molecule has 11 heteroatoms. The predicted molar refractivity (Wildman–Crippen MR) is 123 cm³/mol. The molecule has 4 aromatic rings. The SMILES string of the molecule is COc1nc(N[C@H]2CCN(C)C[C@H]2F)nn2ccc(-c3cc(F)c4nc(C)n(CCF)c4c3)c12. The number of alkyl halides is 2. The Morgan fingerprint density at radius 1 is 1.26 bits per heavy atom. The van der Waals surface area contributed by atoms with Crippen LogP contribution in [0.1, 0.15) is 12.2 Å². The zero-order chi connectivity index (χ0) is 24.0. The second-order valence-corrected chi connectivity index (χ2v) is 8.61. The van der Waals surface area contributed by atoms with Crippen LogP contribution >= 0.6 is 0 Å². The number of aryl methyl sites for hydroxylation is 2. The van der Waals surface area contributed by atoms with E-state index >= 15 is 0 Å². The van der Waals surface area contributed by atoms with Crippen LogP contribution in [0.25, 0.3) is 27.7 Å². The number of hydrogen-bond acceptors (Lipinski definition) is 6. The number of imidazole rings is 1. The molecule has 1 aliphatic heterocycles. The van der Waals surface area contributed by atoms with Gasteiger partial charge in [-0.1, -0.05) is 0 Å². The highest BCUT2D eigenvalue weighted by Crippen LogP contribution is 2.34. The Labute approximate surface area is 194 Å². The molecule has 1 aliphatic rings. The van der Waals surface area contributed by atoms with Gasteiger partial charge in [-0.3, -0.25) is 0 Å². The number of fused-ring (bicyclic) bond motifs is 2. The summed E-state index contributed by atoms with van der Waals surface area (Å²) in [6.07, 6.45) is 1.30. The first kappa shape index (κ1) is 22.5. The molecular formula is C23H26F3N7O. The van der Waals surface area contributed by atoms with E-state index in [0.29, 0.717) is 41.0 Å². The summed E-state index contributed by atoms with van der Waals surface area (Å²) in [5.41, 5.74) is 2.47. The fourth-order valence-electron chi connectivity index (χ4n) is 4.63. The van der Waals surface area contributed by atoms with Crippen molar-refractivity contribution in [3.63, 3.8) is 0 Å². The molecule has 1 fully saturated rings. The Morgan fingerprint density at radius 3 is 2.82 bits per heavy atom. The largest absolute Gasteiger partial charge is 0.479 e. The second-order valence-electron chi connectivity index (χ2n) is 8.61. The van der Waals surface area contributed by atoms with Gasteiger partial charge < -0.3 is 19.5 Å². The topological polar surface area (TPSA) is 72.5 Å². The molecule has 2 atom stereocenters. The molecule has 0 saturated carbocycles. The van der Waals surface area contributed by atoms with E-state index in [1.807, 2.05) is 11.9 Å². The van der Waals surface area contributed by atoms with Crippen molar-refractivity contribution in [1.29, 1.82) is 0 Å². The van der Waals surface area contributed by atoms with Gasteiger partial charge in [0.15, 0.2) is 5.82 Å². The number of halogens is 3. The number of nitrogens with zero attached hydrogens (tertiary/aromatic N) is 6. The lowest BCUT2D eigenvalue weighted by Gasteiger charge is -2.32. The fraction of sp³-hybridized carbons (Fsp3) is 0.435. The van der Waals surface area contributed by atoms with E-state index in [4.69, 9.17) is 4.74 Å². The van der Waals surface area contributed by atoms with Crippen molar-refractivity contribution >= 4 is 22.5 Å². The van der Waals surface area contributed by atoms with E-state index in [0.717, 1.165) is 6.54 Å². The second kappa shape index (κ2) is 8.79. The molecule has 1 saturated heterocycles. The molecule has 8 nitrogen and oxygen atoms in total. The number of nitrogens with one attached hydrogen (secondary N) is 1. The van der Waals surface area contributed by atoms with Gasteiger partial charge in [0.1, 0.15) is 29.7 Å². The quantitative estimate of drug-likeness (QED) is 0.461. The maximum atomic E-state index is 15.0. The molecule has 0 unspecified atom stereocenters. The molecule has 1 aromatic carbocycles. The third-order valence-electron chi connectivity index (χ3n) is 6.35. The van der Waals surface area contributed by atoms with Crippen molar-refractivity contribution in [2.24, 2.45) is 0 Å². The van der Waals surface area contributed by atoms with E-state index in [2.05, 4.69) is 20.4 Å². The molecule has 0 spiro atoms. The monoisotopic (exact) mass is 473 g/mol. The lowest BCUT2D eigenvalue weighted by Crippen LogP contribution is -2.46. The zero-order valence-electron chi connectivity index (χ0n) is 19.2. The molecule has 0 aliphatic carbocycles. The summed E-state index contributed by atoms with van der Waals surface area (Å²) in [7, 11) is 3.38. The maximum absolute atomic E-state index is 15.0. The Hall–Kier alpha value is -3.34. The minimum atomic E-state index is -1.04. The maximum Gasteiger partial charge on any atom is 0.244 e. The third-order valence-corrected chi connectivity index (χ3v) is 6.35. The van der Waals surface area contributed by atoms with Crippen LogP contribution < -0.4 is 10.1 Å². The van der Waals surface area contributed by atoms with Crippen LogP contribution in [0.5, 0.6) is 5.88 Å². The van der Waals surface area contributed by atoms with Gasteiger partial charge in [-0.15, -0.1) is 5.10 Å². The van der Waals surface area contributed by atoms with Gasteiger partial charge in [0.25, 0.3) is 0 Å². The summed E-state index contributed by atoms with van der Waals surface area (Å²) >= 11 is 0. The first-order valence-corrected chi connectivity index (χ1v) is 11.1. The van der Waals surface area contributed by atoms with Gasteiger partial charge in [0, 0.05) is 24.8 Å². The van der Waals surface area contributed by atoms with Gasteiger partial charge in [-0.05, 0) is 44.2 Å². The standard InChI is InChI=1S/C23H26F3N7O/c1-13-27-20-16(25)10-14(11-19(20)32(13)9-6-24)15-4-8-33-21(15)22(34-3)29-23(30-33)28-18-5-7-31(2)12-17(18)26/h4,8,10-11,17-18H,5-7,9,12H2,1-3H3,(H,28,30)/t17-,18+/m1/s1. The minimum absolute atomic E-state index is 0.0930. The van der Waals surface area contributed by atoms with Gasteiger partial charge in [0.2, 0.25) is 11.8 Å². The molecule has 1 N–H and O–H groups in total. The number of piperidine rings is 1. The van der Waals surface area contributed by atoms with Crippen molar-refractivity contribution in [2.45, 2.75) is 32.1 Å². The Bertz CT molecular complexity index is 1350. The first-order chi connectivity index (χ1) is 16.4. The average Bonchev–Trinajstić information content (AvgIpc) is 3.37. The number of ether oxygens (including phenoxy) is 1. The number of aromatic nitrogens is 5. The van der Waals surface area contributed by atoms with Crippen LogP contribution in [0, 0.1) is 12.7 Å². The number of hydrogen-bond donors (Lipinski definition) is 1. The number of methoxy groups -OCH3 is 1. The number of benzene rings is 1. The summed E-state index contributed by atoms with van der Waals surface area (Å²) in [4.78, 5) is 10.7. The van der Waals surface area contributed by atoms with Gasteiger partial charge in [-0.25, -0.2) is 22.7 Å². The van der Waals surface area contributed by atoms with Gasteiger partial charge in [-0.2, -0.15) is 4.98 Å².